The lowest BCUT2D eigenvalue weighted by Gasteiger charge is -2.31. The first-order valence-electron chi connectivity index (χ1n) is 7.22. The maximum Gasteiger partial charge on any atom is 0.237 e. The van der Waals surface area contributed by atoms with Crippen LogP contribution < -0.4 is 10.6 Å². The second-order valence-corrected chi connectivity index (χ2v) is 5.45. The van der Waals surface area contributed by atoms with Crippen LogP contribution in [-0.4, -0.2) is 52.8 Å². The molecule has 1 atom stereocenters. The number of rotatable bonds is 4. The third kappa shape index (κ3) is 3.19. The average Bonchev–Trinajstić information content (AvgIpc) is 2.70. The van der Waals surface area contributed by atoms with Gasteiger partial charge in [-0.15, -0.1) is 0 Å². The first-order valence-corrected chi connectivity index (χ1v) is 7.22. The molecule has 2 N–H and O–H groups in total. The minimum absolute atomic E-state index is 0.0746. The van der Waals surface area contributed by atoms with Gasteiger partial charge in [-0.1, -0.05) is 0 Å². The molecule has 0 aromatic carbocycles. The van der Waals surface area contributed by atoms with E-state index >= 15 is 0 Å². The number of nitrogens with one attached hydrogen (secondary N) is 2. The van der Waals surface area contributed by atoms with Gasteiger partial charge in [0.1, 0.15) is 0 Å². The molecule has 0 aliphatic carbocycles. The lowest BCUT2D eigenvalue weighted by Crippen LogP contribution is -2.52. The average molecular weight is 279 g/mol. The Balaban J connectivity index is 1.91. The van der Waals surface area contributed by atoms with Crippen molar-refractivity contribution in [2.75, 3.05) is 26.2 Å². The highest BCUT2D eigenvalue weighted by molar-refractivity contribution is 5.81. The molecule has 2 heterocycles. The molecule has 0 saturated carbocycles. The Morgan fingerprint density at radius 2 is 2.05 bits per heavy atom. The number of aryl methyl sites for hydroxylation is 2. The van der Waals surface area contributed by atoms with E-state index in [9.17, 15) is 4.79 Å². The maximum absolute atomic E-state index is 12.2. The van der Waals surface area contributed by atoms with Gasteiger partial charge in [0.2, 0.25) is 5.91 Å². The van der Waals surface area contributed by atoms with Gasteiger partial charge >= 0.3 is 0 Å². The fourth-order valence-corrected chi connectivity index (χ4v) is 2.63. The van der Waals surface area contributed by atoms with E-state index in [1.807, 2.05) is 32.5 Å². The molecule has 1 aromatic rings. The first-order chi connectivity index (χ1) is 9.50. The summed E-state index contributed by atoms with van der Waals surface area (Å²) in [6.07, 6.45) is 0. The lowest BCUT2D eigenvalue weighted by atomic mass is 10.2. The van der Waals surface area contributed by atoms with Crippen molar-refractivity contribution in [2.24, 2.45) is 7.05 Å². The van der Waals surface area contributed by atoms with E-state index in [0.29, 0.717) is 6.54 Å². The summed E-state index contributed by atoms with van der Waals surface area (Å²) in [5.41, 5.74) is 3.21. The highest BCUT2D eigenvalue weighted by Crippen LogP contribution is 2.11. The molecule has 1 amide bonds. The Bertz CT molecular complexity index is 476. The Morgan fingerprint density at radius 3 is 2.60 bits per heavy atom. The largest absolute Gasteiger partial charge is 0.351 e. The number of nitrogens with zero attached hydrogens (tertiary/aromatic N) is 3. The molecule has 6 heteroatoms. The van der Waals surface area contributed by atoms with Gasteiger partial charge in [0, 0.05) is 51.0 Å². The summed E-state index contributed by atoms with van der Waals surface area (Å²) in [5, 5.41) is 10.7. The monoisotopic (exact) mass is 279 g/mol. The van der Waals surface area contributed by atoms with Crippen LogP contribution in [0.15, 0.2) is 0 Å². The smallest absolute Gasteiger partial charge is 0.237 e. The van der Waals surface area contributed by atoms with Gasteiger partial charge < -0.3 is 10.6 Å². The van der Waals surface area contributed by atoms with Crippen molar-refractivity contribution < 1.29 is 4.79 Å². The molecule has 1 fully saturated rings. The molecular weight excluding hydrogens is 254 g/mol. The van der Waals surface area contributed by atoms with Crippen molar-refractivity contribution in [1.29, 1.82) is 0 Å². The van der Waals surface area contributed by atoms with Crippen LogP contribution in [0, 0.1) is 13.8 Å². The van der Waals surface area contributed by atoms with E-state index in [0.717, 1.165) is 43.1 Å². The van der Waals surface area contributed by atoms with Crippen molar-refractivity contribution in [2.45, 2.75) is 33.4 Å². The topological polar surface area (TPSA) is 62.2 Å². The van der Waals surface area contributed by atoms with Gasteiger partial charge in [-0.25, -0.2) is 0 Å². The van der Waals surface area contributed by atoms with E-state index in [-0.39, 0.29) is 11.9 Å². The zero-order valence-corrected chi connectivity index (χ0v) is 12.9. The zero-order valence-electron chi connectivity index (χ0n) is 12.9. The quantitative estimate of drug-likeness (QED) is 0.811. The van der Waals surface area contributed by atoms with Gasteiger partial charge in [-0.2, -0.15) is 5.10 Å². The maximum atomic E-state index is 12.2. The van der Waals surface area contributed by atoms with Crippen molar-refractivity contribution in [3.05, 3.63) is 17.0 Å². The number of hydrogen-bond donors (Lipinski definition) is 2. The highest BCUT2D eigenvalue weighted by Gasteiger charge is 2.22. The van der Waals surface area contributed by atoms with E-state index in [2.05, 4.69) is 20.6 Å². The molecule has 6 nitrogen and oxygen atoms in total. The molecule has 0 bridgehead atoms. The fourth-order valence-electron chi connectivity index (χ4n) is 2.63. The summed E-state index contributed by atoms with van der Waals surface area (Å²) in [6, 6.07) is -0.0746. The molecule has 1 aliphatic heterocycles. The minimum Gasteiger partial charge on any atom is -0.351 e. The number of amides is 1. The van der Waals surface area contributed by atoms with E-state index in [1.165, 1.54) is 0 Å². The van der Waals surface area contributed by atoms with Crippen LogP contribution in [0.4, 0.5) is 0 Å². The van der Waals surface area contributed by atoms with Crippen LogP contribution in [0.25, 0.3) is 0 Å². The first kappa shape index (κ1) is 15.0. The van der Waals surface area contributed by atoms with Crippen LogP contribution in [-0.2, 0) is 18.4 Å². The summed E-state index contributed by atoms with van der Waals surface area (Å²) in [7, 11) is 1.93. The van der Waals surface area contributed by atoms with Crippen molar-refractivity contribution in [3.8, 4) is 0 Å². The molecule has 1 aliphatic rings. The predicted octanol–water partition coefficient (Wildman–Crippen LogP) is -0.0532. The second kappa shape index (κ2) is 6.37. The fraction of sp³-hybridized carbons (Fsp3) is 0.714. The molecule has 1 saturated heterocycles. The standard InChI is InChI=1S/C14H25N5O/c1-10-13(11(2)18(4)17-10)9-16-14(20)12(3)19-7-5-15-6-8-19/h12,15H,5-9H2,1-4H3,(H,16,20). The van der Waals surface area contributed by atoms with Crippen LogP contribution in [0.1, 0.15) is 23.9 Å². The van der Waals surface area contributed by atoms with Gasteiger partial charge in [0.25, 0.3) is 0 Å². The molecule has 1 aromatic heterocycles. The van der Waals surface area contributed by atoms with Crippen LogP contribution in [0.3, 0.4) is 0 Å². The van der Waals surface area contributed by atoms with E-state index < -0.39 is 0 Å². The molecule has 20 heavy (non-hydrogen) atoms. The van der Waals surface area contributed by atoms with Crippen LogP contribution in [0.2, 0.25) is 0 Å². The van der Waals surface area contributed by atoms with Crippen LogP contribution in [0.5, 0.6) is 0 Å². The zero-order chi connectivity index (χ0) is 14.7. The van der Waals surface area contributed by atoms with Crippen LogP contribution >= 0.6 is 0 Å². The summed E-state index contributed by atoms with van der Waals surface area (Å²) in [5.74, 6) is 0.0922. The van der Waals surface area contributed by atoms with Gasteiger partial charge in [0.15, 0.2) is 0 Å². The van der Waals surface area contributed by atoms with E-state index in [1.54, 1.807) is 0 Å². The predicted molar refractivity (Wildman–Crippen MR) is 78.4 cm³/mol. The van der Waals surface area contributed by atoms with Crippen molar-refractivity contribution >= 4 is 5.91 Å². The van der Waals surface area contributed by atoms with Crippen molar-refractivity contribution in [3.63, 3.8) is 0 Å². The Kier molecular flexibility index (Phi) is 4.77. The number of hydrogen-bond acceptors (Lipinski definition) is 4. The highest BCUT2D eigenvalue weighted by atomic mass is 16.2. The minimum atomic E-state index is -0.0746. The molecular formula is C14H25N5O. The van der Waals surface area contributed by atoms with E-state index in [4.69, 9.17) is 0 Å². The summed E-state index contributed by atoms with van der Waals surface area (Å²) in [4.78, 5) is 14.5. The molecule has 2 rings (SSSR count). The van der Waals surface area contributed by atoms with Gasteiger partial charge in [-0.3, -0.25) is 14.4 Å². The summed E-state index contributed by atoms with van der Waals surface area (Å²) in [6.45, 7) is 10.3. The number of carbonyl (C=O) groups excluding carboxylic acids is 1. The third-order valence-corrected chi connectivity index (χ3v) is 4.18. The Morgan fingerprint density at radius 1 is 1.40 bits per heavy atom. The lowest BCUT2D eigenvalue weighted by molar-refractivity contribution is -0.126. The van der Waals surface area contributed by atoms with Crippen molar-refractivity contribution in [1.82, 2.24) is 25.3 Å². The second-order valence-electron chi connectivity index (χ2n) is 5.45. The summed E-state index contributed by atoms with van der Waals surface area (Å²) >= 11 is 0. The number of aromatic nitrogens is 2. The Labute approximate surface area is 120 Å². The third-order valence-electron chi connectivity index (χ3n) is 4.18. The summed E-state index contributed by atoms with van der Waals surface area (Å²) < 4.78 is 1.86. The normalized spacial score (nSPS) is 18.0. The Hall–Kier alpha value is -1.40. The van der Waals surface area contributed by atoms with Gasteiger partial charge in [0.05, 0.1) is 11.7 Å². The SMILES string of the molecule is Cc1nn(C)c(C)c1CNC(=O)C(C)N1CCNCC1. The molecule has 112 valence electrons. The number of piperazine rings is 1. The number of carbonyl (C=O) groups is 1. The molecule has 0 spiro atoms. The van der Waals surface area contributed by atoms with Gasteiger partial charge in [-0.05, 0) is 20.8 Å². The molecule has 1 unspecified atom stereocenters. The molecule has 0 radical (unpaired) electrons.